The summed E-state index contributed by atoms with van der Waals surface area (Å²) in [6.07, 6.45) is 5.30. The van der Waals surface area contributed by atoms with E-state index in [1.165, 1.54) is 37.1 Å². The van der Waals surface area contributed by atoms with Crippen molar-refractivity contribution in [2.45, 2.75) is 39.5 Å². The monoisotopic (exact) mass is 244 g/mol. The van der Waals surface area contributed by atoms with Gasteiger partial charge in [-0.15, -0.1) is 0 Å². The van der Waals surface area contributed by atoms with Gasteiger partial charge in [0.05, 0.1) is 0 Å². The largest absolute Gasteiger partial charge is 0.323 e. The van der Waals surface area contributed by atoms with E-state index < -0.39 is 0 Å². The zero-order valence-electron chi connectivity index (χ0n) is 11.4. The van der Waals surface area contributed by atoms with Crippen LogP contribution < -0.4 is 5.32 Å². The molecular weight excluding hydrogens is 216 g/mol. The summed E-state index contributed by atoms with van der Waals surface area (Å²) in [6, 6.07) is 0. The van der Waals surface area contributed by atoms with E-state index in [1.807, 2.05) is 19.0 Å². The fourth-order valence-electron chi connectivity index (χ4n) is 1.41. The van der Waals surface area contributed by atoms with E-state index in [1.54, 1.807) is 0 Å². The Morgan fingerprint density at radius 3 is 2.44 bits per heavy atom. The summed E-state index contributed by atoms with van der Waals surface area (Å²) in [5, 5.41) is 3.18. The number of hydrogen-bond donors (Lipinski definition) is 1. The van der Waals surface area contributed by atoms with Crippen molar-refractivity contribution >= 4 is 11.9 Å². The lowest BCUT2D eigenvalue weighted by Gasteiger charge is -2.22. The van der Waals surface area contributed by atoms with Crippen LogP contribution in [0.25, 0.3) is 0 Å². The van der Waals surface area contributed by atoms with Crippen molar-refractivity contribution in [2.24, 2.45) is 5.92 Å². The van der Waals surface area contributed by atoms with Crippen LogP contribution in [0.3, 0.4) is 0 Å². The van der Waals surface area contributed by atoms with E-state index in [9.17, 15) is 0 Å². The first kappa shape index (κ1) is 15.9. The Morgan fingerprint density at radius 2 is 1.88 bits per heavy atom. The van der Waals surface area contributed by atoms with Crippen LogP contribution in [-0.4, -0.2) is 30.7 Å². The van der Waals surface area contributed by atoms with Crippen LogP contribution in [0.2, 0.25) is 0 Å². The average molecular weight is 244 g/mol. The molecular formula is C13H28N2S. The van der Waals surface area contributed by atoms with Crippen LogP contribution in [0.1, 0.15) is 39.5 Å². The molecule has 0 fully saturated rings. The maximum atomic E-state index is 4.09. The highest BCUT2D eigenvalue weighted by molar-refractivity contribution is 7.97. The van der Waals surface area contributed by atoms with Crippen molar-refractivity contribution in [3.05, 3.63) is 12.3 Å². The fraction of sp³-hybridized carbons (Fsp3) is 0.846. The van der Waals surface area contributed by atoms with Gasteiger partial charge in [0.2, 0.25) is 0 Å². The Balaban J connectivity index is 3.34. The number of nitrogens with one attached hydrogen (secondary N) is 1. The van der Waals surface area contributed by atoms with Gasteiger partial charge in [-0.25, -0.2) is 0 Å². The molecule has 0 amide bonds. The third-order valence-corrected chi connectivity index (χ3v) is 3.77. The van der Waals surface area contributed by atoms with E-state index in [4.69, 9.17) is 0 Å². The van der Waals surface area contributed by atoms with Crippen LogP contribution in [0.4, 0.5) is 0 Å². The second-order valence-electron chi connectivity index (χ2n) is 4.49. The summed E-state index contributed by atoms with van der Waals surface area (Å²) < 4.78 is 2.22. The Morgan fingerprint density at radius 1 is 1.25 bits per heavy atom. The van der Waals surface area contributed by atoms with Gasteiger partial charge in [-0.2, -0.15) is 0 Å². The maximum Gasteiger partial charge on any atom is 0.0192 e. The summed E-state index contributed by atoms with van der Waals surface area (Å²) in [5.41, 5.74) is 1.22. The normalized spacial score (nSPS) is 10.8. The highest BCUT2D eigenvalue weighted by Crippen LogP contribution is 2.20. The fourth-order valence-corrected chi connectivity index (χ4v) is 2.39. The molecule has 0 aliphatic rings. The van der Waals surface area contributed by atoms with E-state index in [2.05, 4.69) is 37.1 Å². The van der Waals surface area contributed by atoms with Gasteiger partial charge in [-0.3, -0.25) is 0 Å². The average Bonchev–Trinajstić information content (AvgIpc) is 2.26. The molecule has 0 aromatic heterocycles. The molecule has 0 rings (SSSR count). The van der Waals surface area contributed by atoms with Crippen LogP contribution in [0.15, 0.2) is 12.3 Å². The Hall–Kier alpha value is -0.150. The van der Waals surface area contributed by atoms with Gasteiger partial charge in [0.1, 0.15) is 0 Å². The van der Waals surface area contributed by atoms with Gasteiger partial charge in [-0.05, 0) is 32.4 Å². The molecule has 0 atom stereocenters. The summed E-state index contributed by atoms with van der Waals surface area (Å²) in [5.74, 6) is 1.76. The third kappa shape index (κ3) is 8.05. The van der Waals surface area contributed by atoms with Gasteiger partial charge < -0.3 is 9.62 Å². The zero-order chi connectivity index (χ0) is 12.4. The first-order chi connectivity index (χ1) is 7.59. The van der Waals surface area contributed by atoms with Crippen molar-refractivity contribution in [1.29, 1.82) is 0 Å². The standard InChI is InChI=1S/C13H28N2S/c1-12(2)13(3)15(5)16-11-9-7-6-8-10-14-4/h12,14H,3,6-11H2,1-2,4-5H3. The van der Waals surface area contributed by atoms with E-state index in [0.29, 0.717) is 5.92 Å². The summed E-state index contributed by atoms with van der Waals surface area (Å²) in [6.45, 7) is 9.62. The lowest BCUT2D eigenvalue weighted by molar-refractivity contribution is 0.574. The van der Waals surface area contributed by atoms with Crippen LogP contribution in [-0.2, 0) is 0 Å². The highest BCUT2D eigenvalue weighted by atomic mass is 32.2. The minimum atomic E-state index is 0.549. The molecule has 0 bridgehead atoms. The van der Waals surface area contributed by atoms with Gasteiger partial charge in [0, 0.05) is 18.5 Å². The second-order valence-corrected chi connectivity index (χ2v) is 5.71. The number of hydrogen-bond acceptors (Lipinski definition) is 3. The van der Waals surface area contributed by atoms with Crippen LogP contribution >= 0.6 is 11.9 Å². The minimum Gasteiger partial charge on any atom is -0.323 e. The molecule has 96 valence electrons. The number of rotatable bonds is 10. The van der Waals surface area contributed by atoms with Crippen molar-refractivity contribution in [2.75, 3.05) is 26.4 Å². The molecule has 0 spiro atoms. The molecule has 0 aromatic rings. The second kappa shape index (κ2) is 10.0. The molecule has 3 heteroatoms. The van der Waals surface area contributed by atoms with Gasteiger partial charge >= 0.3 is 0 Å². The van der Waals surface area contributed by atoms with Gasteiger partial charge in [-0.1, -0.05) is 45.2 Å². The van der Waals surface area contributed by atoms with E-state index in [0.717, 1.165) is 6.54 Å². The zero-order valence-corrected chi connectivity index (χ0v) is 12.2. The highest BCUT2D eigenvalue weighted by Gasteiger charge is 2.06. The molecule has 0 heterocycles. The predicted molar refractivity (Wildman–Crippen MR) is 76.6 cm³/mol. The molecule has 16 heavy (non-hydrogen) atoms. The summed E-state index contributed by atoms with van der Waals surface area (Å²) in [4.78, 5) is 0. The molecule has 0 aliphatic heterocycles. The summed E-state index contributed by atoms with van der Waals surface area (Å²) >= 11 is 1.89. The molecule has 0 saturated heterocycles. The first-order valence-corrected chi connectivity index (χ1v) is 7.24. The number of unbranched alkanes of at least 4 members (excludes halogenated alkanes) is 3. The van der Waals surface area contributed by atoms with E-state index >= 15 is 0 Å². The molecule has 0 aliphatic carbocycles. The van der Waals surface area contributed by atoms with Gasteiger partial charge in [0.15, 0.2) is 0 Å². The molecule has 2 nitrogen and oxygen atoms in total. The Bertz CT molecular complexity index is 181. The van der Waals surface area contributed by atoms with Gasteiger partial charge in [0.25, 0.3) is 0 Å². The minimum absolute atomic E-state index is 0.549. The van der Waals surface area contributed by atoms with Crippen molar-refractivity contribution in [3.63, 3.8) is 0 Å². The lowest BCUT2D eigenvalue weighted by atomic mass is 10.2. The van der Waals surface area contributed by atoms with Crippen LogP contribution in [0, 0.1) is 5.92 Å². The quantitative estimate of drug-likeness (QED) is 0.467. The predicted octanol–water partition coefficient (Wildman–Crippen LogP) is 3.52. The van der Waals surface area contributed by atoms with Crippen molar-refractivity contribution in [3.8, 4) is 0 Å². The lowest BCUT2D eigenvalue weighted by Crippen LogP contribution is -2.13. The van der Waals surface area contributed by atoms with Crippen molar-refractivity contribution in [1.82, 2.24) is 9.62 Å². The smallest absolute Gasteiger partial charge is 0.0192 e. The Labute approximate surface area is 106 Å². The number of nitrogens with zero attached hydrogens (tertiary/aromatic N) is 1. The maximum absolute atomic E-state index is 4.09. The van der Waals surface area contributed by atoms with E-state index in [-0.39, 0.29) is 0 Å². The third-order valence-electron chi connectivity index (χ3n) is 2.68. The van der Waals surface area contributed by atoms with Crippen molar-refractivity contribution < 1.29 is 0 Å². The summed E-state index contributed by atoms with van der Waals surface area (Å²) in [7, 11) is 4.14. The molecule has 0 saturated carbocycles. The Kier molecular flexibility index (Phi) is 9.94. The first-order valence-electron chi connectivity index (χ1n) is 6.29. The number of allylic oxidation sites excluding steroid dienone is 1. The van der Waals surface area contributed by atoms with Crippen LogP contribution in [0.5, 0.6) is 0 Å². The molecule has 0 unspecified atom stereocenters. The molecule has 0 aromatic carbocycles. The topological polar surface area (TPSA) is 15.3 Å². The SMILES string of the molecule is C=C(C(C)C)N(C)SCCCCCCNC. The molecule has 0 radical (unpaired) electrons. The molecule has 1 N–H and O–H groups in total.